The smallest absolute Gasteiger partial charge is 0.0878 e. The summed E-state index contributed by atoms with van der Waals surface area (Å²) in [5.74, 6) is 1.56. The SMILES string of the molecule is CC(CCl)(CI)OCCC1CC1. The van der Waals surface area contributed by atoms with Crippen LogP contribution in [0.25, 0.3) is 0 Å². The molecule has 0 aromatic heterocycles. The molecule has 1 aliphatic carbocycles. The number of alkyl halides is 2. The molecule has 0 aromatic rings. The van der Waals surface area contributed by atoms with Gasteiger partial charge in [-0.1, -0.05) is 35.4 Å². The molecule has 1 rings (SSSR count). The van der Waals surface area contributed by atoms with Gasteiger partial charge < -0.3 is 4.74 Å². The highest BCUT2D eigenvalue weighted by Crippen LogP contribution is 2.32. The van der Waals surface area contributed by atoms with Crippen LogP contribution in [0.2, 0.25) is 0 Å². The van der Waals surface area contributed by atoms with E-state index < -0.39 is 0 Å². The highest BCUT2D eigenvalue weighted by atomic mass is 127. The van der Waals surface area contributed by atoms with Gasteiger partial charge in [0.2, 0.25) is 0 Å². The van der Waals surface area contributed by atoms with Crippen LogP contribution < -0.4 is 0 Å². The number of halogens is 2. The van der Waals surface area contributed by atoms with Gasteiger partial charge in [0, 0.05) is 11.0 Å². The van der Waals surface area contributed by atoms with E-state index in [9.17, 15) is 0 Å². The number of hydrogen-bond donors (Lipinski definition) is 0. The minimum Gasteiger partial charge on any atom is -0.373 e. The maximum Gasteiger partial charge on any atom is 0.0878 e. The maximum absolute atomic E-state index is 5.81. The van der Waals surface area contributed by atoms with E-state index in [1.807, 2.05) is 0 Å². The second-order valence-electron chi connectivity index (χ2n) is 3.80. The van der Waals surface area contributed by atoms with Gasteiger partial charge in [-0.15, -0.1) is 11.6 Å². The first-order valence-electron chi connectivity index (χ1n) is 4.46. The third kappa shape index (κ3) is 3.79. The second-order valence-corrected chi connectivity index (χ2v) is 4.83. The van der Waals surface area contributed by atoms with Gasteiger partial charge in [-0.25, -0.2) is 0 Å². The van der Waals surface area contributed by atoms with Gasteiger partial charge in [0.15, 0.2) is 0 Å². The van der Waals surface area contributed by atoms with Crippen LogP contribution in [0.1, 0.15) is 26.2 Å². The first kappa shape index (κ1) is 11.1. The summed E-state index contributed by atoms with van der Waals surface area (Å²) in [4.78, 5) is 0. The topological polar surface area (TPSA) is 9.23 Å². The number of rotatable bonds is 6. The maximum atomic E-state index is 5.81. The van der Waals surface area contributed by atoms with Crippen molar-refractivity contribution >= 4 is 34.2 Å². The van der Waals surface area contributed by atoms with E-state index >= 15 is 0 Å². The summed E-state index contributed by atoms with van der Waals surface area (Å²) in [6.07, 6.45) is 4.04. The monoisotopic (exact) mass is 302 g/mol. The summed E-state index contributed by atoms with van der Waals surface area (Å²) < 4.78 is 6.71. The molecule has 0 amide bonds. The summed E-state index contributed by atoms with van der Waals surface area (Å²) in [5, 5.41) is 0. The Bertz CT molecular complexity index is 132. The van der Waals surface area contributed by atoms with Gasteiger partial charge in [-0.3, -0.25) is 0 Å². The molecule has 1 aliphatic rings. The fourth-order valence-corrected chi connectivity index (χ4v) is 1.97. The second kappa shape index (κ2) is 5.01. The zero-order chi connectivity index (χ0) is 9.03. The number of ether oxygens (including phenoxy) is 1. The molecule has 0 bridgehead atoms. The Balaban J connectivity index is 2.08. The van der Waals surface area contributed by atoms with Crippen molar-refractivity contribution in [1.29, 1.82) is 0 Å². The number of hydrogen-bond acceptors (Lipinski definition) is 1. The largest absolute Gasteiger partial charge is 0.373 e. The zero-order valence-electron chi connectivity index (χ0n) is 7.48. The lowest BCUT2D eigenvalue weighted by Crippen LogP contribution is -2.33. The molecular formula is C9H16ClIO. The Morgan fingerprint density at radius 1 is 1.58 bits per heavy atom. The molecule has 0 aromatic carbocycles. The molecule has 0 saturated heterocycles. The van der Waals surface area contributed by atoms with Crippen molar-refractivity contribution in [3.63, 3.8) is 0 Å². The Morgan fingerprint density at radius 3 is 2.67 bits per heavy atom. The molecule has 1 nitrogen and oxygen atoms in total. The molecular weight excluding hydrogens is 286 g/mol. The summed E-state index contributed by atoms with van der Waals surface area (Å²) in [7, 11) is 0. The molecule has 0 heterocycles. The van der Waals surface area contributed by atoms with Crippen molar-refractivity contribution in [1.82, 2.24) is 0 Å². The average Bonchev–Trinajstić information content (AvgIpc) is 2.88. The van der Waals surface area contributed by atoms with Crippen LogP contribution in [0.3, 0.4) is 0 Å². The summed E-state index contributed by atoms with van der Waals surface area (Å²) >= 11 is 8.14. The lowest BCUT2D eigenvalue weighted by Gasteiger charge is -2.25. The summed E-state index contributed by atoms with van der Waals surface area (Å²) in [6.45, 7) is 2.97. The predicted octanol–water partition coefficient (Wildman–Crippen LogP) is 3.24. The summed E-state index contributed by atoms with van der Waals surface area (Å²) in [5.41, 5.74) is -0.100. The highest BCUT2D eigenvalue weighted by molar-refractivity contribution is 14.1. The van der Waals surface area contributed by atoms with Crippen molar-refractivity contribution in [3.05, 3.63) is 0 Å². The van der Waals surface area contributed by atoms with Gasteiger partial charge in [-0.05, 0) is 19.3 Å². The van der Waals surface area contributed by atoms with Crippen LogP contribution in [0.4, 0.5) is 0 Å². The van der Waals surface area contributed by atoms with Crippen LogP contribution in [0.15, 0.2) is 0 Å². The standard InChI is InChI=1S/C9H16ClIO/c1-9(6-10,7-11)12-5-4-8-2-3-8/h8H,2-7H2,1H3. The molecule has 12 heavy (non-hydrogen) atoms. The molecule has 72 valence electrons. The quantitative estimate of drug-likeness (QED) is 0.541. The van der Waals surface area contributed by atoms with Gasteiger partial charge in [0.25, 0.3) is 0 Å². The van der Waals surface area contributed by atoms with Crippen molar-refractivity contribution in [2.24, 2.45) is 5.92 Å². The molecule has 1 fully saturated rings. The normalized spacial score (nSPS) is 22.2. The van der Waals surface area contributed by atoms with E-state index in [-0.39, 0.29) is 5.60 Å². The van der Waals surface area contributed by atoms with E-state index in [0.717, 1.165) is 17.0 Å². The van der Waals surface area contributed by atoms with E-state index in [1.54, 1.807) is 0 Å². The van der Waals surface area contributed by atoms with E-state index in [1.165, 1.54) is 19.3 Å². The molecule has 0 spiro atoms. The Labute approximate surface area is 93.3 Å². The van der Waals surface area contributed by atoms with Gasteiger partial charge >= 0.3 is 0 Å². The fraction of sp³-hybridized carbons (Fsp3) is 1.00. The first-order chi connectivity index (χ1) is 5.70. The highest BCUT2D eigenvalue weighted by Gasteiger charge is 2.25. The lowest BCUT2D eigenvalue weighted by molar-refractivity contribution is 0.00278. The van der Waals surface area contributed by atoms with Crippen LogP contribution >= 0.6 is 34.2 Å². The summed E-state index contributed by atoms with van der Waals surface area (Å²) in [6, 6.07) is 0. The van der Waals surface area contributed by atoms with Crippen LogP contribution in [-0.4, -0.2) is 22.5 Å². The predicted molar refractivity (Wildman–Crippen MR) is 61.3 cm³/mol. The van der Waals surface area contributed by atoms with Crippen molar-refractivity contribution < 1.29 is 4.74 Å². The third-order valence-corrected chi connectivity index (χ3v) is 4.42. The van der Waals surface area contributed by atoms with E-state index in [4.69, 9.17) is 16.3 Å². The fourth-order valence-electron chi connectivity index (χ4n) is 0.991. The average molecular weight is 303 g/mol. The molecule has 1 unspecified atom stereocenters. The van der Waals surface area contributed by atoms with Crippen LogP contribution in [0, 0.1) is 5.92 Å². The minimum atomic E-state index is -0.100. The Hall–Kier alpha value is 0.980. The van der Waals surface area contributed by atoms with E-state index in [2.05, 4.69) is 29.5 Å². The van der Waals surface area contributed by atoms with Crippen LogP contribution in [-0.2, 0) is 4.74 Å². The molecule has 1 saturated carbocycles. The molecule has 1 atom stereocenters. The van der Waals surface area contributed by atoms with Crippen molar-refractivity contribution in [2.45, 2.75) is 31.8 Å². The molecule has 0 radical (unpaired) electrons. The zero-order valence-corrected chi connectivity index (χ0v) is 10.4. The first-order valence-corrected chi connectivity index (χ1v) is 6.52. The minimum absolute atomic E-state index is 0.100. The molecule has 0 aliphatic heterocycles. The molecule has 3 heteroatoms. The van der Waals surface area contributed by atoms with E-state index in [0.29, 0.717) is 5.88 Å². The Kier molecular flexibility index (Phi) is 4.62. The van der Waals surface area contributed by atoms with Gasteiger partial charge in [0.05, 0.1) is 11.5 Å². The van der Waals surface area contributed by atoms with Crippen molar-refractivity contribution in [2.75, 3.05) is 16.9 Å². The van der Waals surface area contributed by atoms with Crippen LogP contribution in [0.5, 0.6) is 0 Å². The molecule has 0 N–H and O–H groups in total. The Morgan fingerprint density at radius 2 is 2.25 bits per heavy atom. The lowest BCUT2D eigenvalue weighted by atomic mass is 10.2. The van der Waals surface area contributed by atoms with Crippen molar-refractivity contribution in [3.8, 4) is 0 Å². The third-order valence-electron chi connectivity index (χ3n) is 2.24. The van der Waals surface area contributed by atoms with Gasteiger partial charge in [-0.2, -0.15) is 0 Å². The van der Waals surface area contributed by atoms with Gasteiger partial charge in [0.1, 0.15) is 0 Å².